The van der Waals surface area contributed by atoms with E-state index in [0.29, 0.717) is 32.8 Å². The molecule has 0 radical (unpaired) electrons. The summed E-state index contributed by atoms with van der Waals surface area (Å²) in [6, 6.07) is 0. The highest BCUT2D eigenvalue weighted by Gasteiger charge is 1.89. The van der Waals surface area contributed by atoms with Crippen molar-refractivity contribution in [1.82, 2.24) is 0 Å². The van der Waals surface area contributed by atoms with Crippen molar-refractivity contribution in [3.05, 3.63) is 0 Å². The van der Waals surface area contributed by atoms with Crippen molar-refractivity contribution in [1.29, 1.82) is 0 Å². The van der Waals surface area contributed by atoms with Crippen LogP contribution >= 0.6 is 0 Å². The van der Waals surface area contributed by atoms with Crippen LogP contribution in [0.15, 0.2) is 0 Å². The van der Waals surface area contributed by atoms with Crippen LogP contribution < -0.4 is 0 Å². The van der Waals surface area contributed by atoms with Gasteiger partial charge in [-0.05, 0) is 12.8 Å². The fraction of sp³-hybridized carbons (Fsp3) is 1.00. The molecule has 0 aromatic carbocycles. The van der Waals surface area contributed by atoms with Gasteiger partial charge in [0.15, 0.2) is 0 Å². The van der Waals surface area contributed by atoms with Gasteiger partial charge in [0.25, 0.3) is 0 Å². The molecular weight excluding hydrogens is 160 g/mol. The molecule has 0 bridgehead atoms. The monoisotopic (exact) mass is 178 g/mol. The molecule has 0 aliphatic rings. The molecule has 0 rings (SSSR count). The molecule has 0 spiro atoms. The lowest BCUT2D eigenvalue weighted by atomic mass is 10.4. The van der Waals surface area contributed by atoms with Crippen molar-refractivity contribution in [3.8, 4) is 0 Å². The van der Waals surface area contributed by atoms with Crippen molar-refractivity contribution >= 4 is 0 Å². The Morgan fingerprint density at radius 1 is 0.667 bits per heavy atom. The first-order valence-corrected chi connectivity index (χ1v) is 4.29. The predicted molar refractivity (Wildman–Crippen MR) is 45.0 cm³/mol. The van der Waals surface area contributed by atoms with Crippen LogP contribution in [0.4, 0.5) is 0 Å². The van der Waals surface area contributed by atoms with Crippen LogP contribution in [0.25, 0.3) is 0 Å². The quantitative estimate of drug-likeness (QED) is 0.479. The Morgan fingerprint density at radius 2 is 1.25 bits per heavy atom. The Morgan fingerprint density at radius 3 is 1.83 bits per heavy atom. The van der Waals surface area contributed by atoms with Crippen molar-refractivity contribution in [2.75, 3.05) is 39.6 Å². The summed E-state index contributed by atoms with van der Waals surface area (Å²) in [6.07, 6.45) is 1.53. The number of aliphatic hydroxyl groups is 2. The third-order valence-corrected chi connectivity index (χ3v) is 1.26. The molecule has 4 heteroatoms. The normalized spacial score (nSPS) is 10.5. The zero-order valence-electron chi connectivity index (χ0n) is 7.37. The highest BCUT2D eigenvalue weighted by Crippen LogP contribution is 1.86. The summed E-state index contributed by atoms with van der Waals surface area (Å²) >= 11 is 0. The minimum atomic E-state index is 0.0748. The lowest BCUT2D eigenvalue weighted by Gasteiger charge is -2.03. The first kappa shape index (κ1) is 11.8. The van der Waals surface area contributed by atoms with Gasteiger partial charge in [0.1, 0.15) is 0 Å². The van der Waals surface area contributed by atoms with Crippen LogP contribution in [0.2, 0.25) is 0 Å². The average molecular weight is 178 g/mol. The van der Waals surface area contributed by atoms with Gasteiger partial charge in [0.2, 0.25) is 0 Å². The summed E-state index contributed by atoms with van der Waals surface area (Å²) in [6.45, 7) is 2.55. The Kier molecular flexibility index (Phi) is 10.7. The van der Waals surface area contributed by atoms with E-state index in [0.717, 1.165) is 6.42 Å². The summed E-state index contributed by atoms with van der Waals surface area (Å²) in [7, 11) is 0. The van der Waals surface area contributed by atoms with Crippen LogP contribution in [0.1, 0.15) is 12.8 Å². The molecular formula is C8H18O4. The standard InChI is InChI=1S/C8H18O4/c9-3-1-5-11-6-2-7-12-8-4-10/h9-10H,1-8H2. The molecule has 0 aliphatic carbocycles. The summed E-state index contributed by atoms with van der Waals surface area (Å²) in [5, 5.41) is 16.8. The molecule has 0 unspecified atom stereocenters. The fourth-order valence-corrected chi connectivity index (χ4v) is 0.698. The zero-order chi connectivity index (χ0) is 9.07. The van der Waals surface area contributed by atoms with Crippen LogP contribution in [-0.2, 0) is 9.47 Å². The van der Waals surface area contributed by atoms with Gasteiger partial charge in [-0.1, -0.05) is 0 Å². The molecule has 0 saturated carbocycles. The highest BCUT2D eigenvalue weighted by atomic mass is 16.5. The minimum Gasteiger partial charge on any atom is -0.396 e. The van der Waals surface area contributed by atoms with Gasteiger partial charge in [-0.2, -0.15) is 0 Å². The minimum absolute atomic E-state index is 0.0748. The first-order chi connectivity index (χ1) is 5.91. The lowest BCUT2D eigenvalue weighted by molar-refractivity contribution is 0.0603. The maximum Gasteiger partial charge on any atom is 0.0697 e. The maximum atomic E-state index is 8.41. The second-order valence-electron chi connectivity index (χ2n) is 2.38. The Hall–Kier alpha value is -0.160. The second kappa shape index (κ2) is 10.8. The van der Waals surface area contributed by atoms with Gasteiger partial charge in [-0.3, -0.25) is 0 Å². The lowest BCUT2D eigenvalue weighted by Crippen LogP contribution is -2.05. The molecule has 0 aromatic heterocycles. The summed E-state index contributed by atoms with van der Waals surface area (Å²) in [5.74, 6) is 0. The van der Waals surface area contributed by atoms with Crippen LogP contribution in [-0.4, -0.2) is 49.9 Å². The van der Waals surface area contributed by atoms with E-state index < -0.39 is 0 Å². The first-order valence-electron chi connectivity index (χ1n) is 4.29. The van der Waals surface area contributed by atoms with Crippen molar-refractivity contribution < 1.29 is 19.7 Å². The SMILES string of the molecule is OCCCOCCCOCCO. The van der Waals surface area contributed by atoms with E-state index in [4.69, 9.17) is 19.7 Å². The number of hydrogen-bond acceptors (Lipinski definition) is 4. The number of hydrogen-bond donors (Lipinski definition) is 2. The van der Waals surface area contributed by atoms with E-state index in [1.807, 2.05) is 0 Å². The topological polar surface area (TPSA) is 58.9 Å². The number of rotatable bonds is 9. The van der Waals surface area contributed by atoms with E-state index >= 15 is 0 Å². The van der Waals surface area contributed by atoms with Crippen LogP contribution in [0.3, 0.4) is 0 Å². The molecule has 0 atom stereocenters. The van der Waals surface area contributed by atoms with E-state index in [1.54, 1.807) is 0 Å². The molecule has 0 aromatic rings. The van der Waals surface area contributed by atoms with Crippen LogP contribution in [0, 0.1) is 0 Å². The summed E-state index contributed by atoms with van der Waals surface area (Å²) < 4.78 is 10.2. The Bertz CT molecular complexity index is 67.5. The Balaban J connectivity index is 2.73. The third-order valence-electron chi connectivity index (χ3n) is 1.26. The largest absolute Gasteiger partial charge is 0.396 e. The van der Waals surface area contributed by atoms with Gasteiger partial charge in [0, 0.05) is 26.4 Å². The van der Waals surface area contributed by atoms with Crippen molar-refractivity contribution in [3.63, 3.8) is 0 Å². The molecule has 12 heavy (non-hydrogen) atoms. The highest BCUT2D eigenvalue weighted by molar-refractivity contribution is 4.36. The Labute approximate surface area is 73.1 Å². The molecule has 74 valence electrons. The van der Waals surface area contributed by atoms with E-state index in [2.05, 4.69) is 0 Å². The van der Waals surface area contributed by atoms with Gasteiger partial charge in [-0.15, -0.1) is 0 Å². The van der Waals surface area contributed by atoms with Gasteiger partial charge in [0.05, 0.1) is 13.2 Å². The average Bonchev–Trinajstić information content (AvgIpc) is 2.10. The van der Waals surface area contributed by atoms with E-state index in [1.165, 1.54) is 0 Å². The maximum absolute atomic E-state index is 8.41. The fourth-order valence-electron chi connectivity index (χ4n) is 0.698. The number of aliphatic hydroxyl groups excluding tert-OH is 2. The predicted octanol–water partition coefficient (Wildman–Crippen LogP) is -0.216. The molecule has 0 aliphatic heterocycles. The van der Waals surface area contributed by atoms with Gasteiger partial charge in [-0.25, -0.2) is 0 Å². The molecule has 0 heterocycles. The second-order valence-corrected chi connectivity index (χ2v) is 2.38. The molecule has 0 saturated heterocycles. The smallest absolute Gasteiger partial charge is 0.0697 e. The molecule has 0 amide bonds. The third kappa shape index (κ3) is 9.84. The summed E-state index contributed by atoms with van der Waals surface area (Å²) in [4.78, 5) is 0. The van der Waals surface area contributed by atoms with E-state index in [9.17, 15) is 0 Å². The van der Waals surface area contributed by atoms with E-state index in [-0.39, 0.29) is 13.2 Å². The molecule has 4 nitrogen and oxygen atoms in total. The van der Waals surface area contributed by atoms with Crippen molar-refractivity contribution in [2.24, 2.45) is 0 Å². The molecule has 2 N–H and O–H groups in total. The molecule has 0 fully saturated rings. The van der Waals surface area contributed by atoms with Gasteiger partial charge < -0.3 is 19.7 Å². The summed E-state index contributed by atoms with van der Waals surface area (Å²) in [5.41, 5.74) is 0. The number of ether oxygens (including phenoxy) is 2. The van der Waals surface area contributed by atoms with Crippen molar-refractivity contribution in [2.45, 2.75) is 12.8 Å². The zero-order valence-corrected chi connectivity index (χ0v) is 7.37. The van der Waals surface area contributed by atoms with Crippen LogP contribution in [0.5, 0.6) is 0 Å². The van der Waals surface area contributed by atoms with Gasteiger partial charge >= 0.3 is 0 Å².